The first kappa shape index (κ1) is 21.1. The van der Waals surface area contributed by atoms with E-state index in [0.717, 1.165) is 62.2 Å². The lowest BCUT2D eigenvalue weighted by molar-refractivity contribution is -0.0503. The van der Waals surface area contributed by atoms with Crippen molar-refractivity contribution in [2.75, 3.05) is 19.7 Å². The molecule has 4 nitrogen and oxygen atoms in total. The quantitative estimate of drug-likeness (QED) is 0.489. The number of unbranched alkanes of at least 4 members (excludes halogenated alkanes) is 2. The molecule has 4 aliphatic rings. The van der Waals surface area contributed by atoms with Crippen molar-refractivity contribution in [2.24, 2.45) is 23.2 Å². The third-order valence-corrected chi connectivity index (χ3v) is 7.73. The van der Waals surface area contributed by atoms with Crippen LogP contribution in [0.1, 0.15) is 73.7 Å². The molecule has 4 saturated carbocycles. The minimum Gasteiger partial charge on any atom is -0.396 e. The molecule has 5 rings (SSSR count). The first-order valence-corrected chi connectivity index (χ1v) is 11.8. The molecule has 3 N–H and O–H groups in total. The standard InChI is InChI=1S/C24H35ClN2O2/c25-22-5-4-17(15-26-6-2-1-3-7-28)11-21(22)23(29)27-16-24-12-18-8-19(13-24)10-20(9-18)14-24/h4-5,11,18-20,26,28H,1-3,6-10,12-16H2,(H,27,29). The molecule has 0 unspecified atom stereocenters. The zero-order chi connectivity index (χ0) is 20.3. The summed E-state index contributed by atoms with van der Waals surface area (Å²) in [5, 5.41) is 16.0. The number of hydrogen-bond acceptors (Lipinski definition) is 3. The van der Waals surface area contributed by atoms with Gasteiger partial charge < -0.3 is 15.7 Å². The highest BCUT2D eigenvalue weighted by Gasteiger charge is 2.50. The zero-order valence-corrected chi connectivity index (χ0v) is 18.1. The second kappa shape index (κ2) is 9.36. The number of amides is 1. The van der Waals surface area contributed by atoms with Gasteiger partial charge in [0.1, 0.15) is 0 Å². The molecular weight excluding hydrogens is 384 g/mol. The SMILES string of the molecule is O=C(NCC12CC3CC(CC(C3)C1)C2)c1cc(CNCCCCCO)ccc1Cl. The number of nitrogens with one attached hydrogen (secondary N) is 2. The van der Waals surface area contributed by atoms with Gasteiger partial charge in [-0.2, -0.15) is 0 Å². The maximum atomic E-state index is 12.9. The maximum Gasteiger partial charge on any atom is 0.252 e. The number of aliphatic hydroxyl groups excluding tert-OH is 1. The average molecular weight is 419 g/mol. The number of hydrogen-bond donors (Lipinski definition) is 3. The Labute approximate surface area is 179 Å². The highest BCUT2D eigenvalue weighted by atomic mass is 35.5. The van der Waals surface area contributed by atoms with Crippen molar-refractivity contribution in [1.82, 2.24) is 10.6 Å². The van der Waals surface area contributed by atoms with Gasteiger partial charge in [-0.15, -0.1) is 0 Å². The van der Waals surface area contributed by atoms with Gasteiger partial charge >= 0.3 is 0 Å². The minimum atomic E-state index is -0.0319. The van der Waals surface area contributed by atoms with Crippen LogP contribution in [0.3, 0.4) is 0 Å². The van der Waals surface area contributed by atoms with Crippen molar-refractivity contribution in [1.29, 1.82) is 0 Å². The van der Waals surface area contributed by atoms with Crippen molar-refractivity contribution in [3.8, 4) is 0 Å². The summed E-state index contributed by atoms with van der Waals surface area (Å²) in [4.78, 5) is 12.9. The summed E-state index contributed by atoms with van der Waals surface area (Å²) in [7, 11) is 0. The third-order valence-electron chi connectivity index (χ3n) is 7.41. The van der Waals surface area contributed by atoms with Crippen molar-refractivity contribution in [3.05, 3.63) is 34.3 Å². The van der Waals surface area contributed by atoms with Crippen LogP contribution >= 0.6 is 11.6 Å². The lowest BCUT2D eigenvalue weighted by Gasteiger charge is -2.56. The van der Waals surface area contributed by atoms with E-state index in [1.807, 2.05) is 18.2 Å². The number of carbonyl (C=O) groups is 1. The first-order valence-electron chi connectivity index (χ1n) is 11.5. The van der Waals surface area contributed by atoms with Crippen LogP contribution in [0.25, 0.3) is 0 Å². The summed E-state index contributed by atoms with van der Waals surface area (Å²) in [6.07, 6.45) is 11.1. The number of rotatable bonds is 10. The summed E-state index contributed by atoms with van der Waals surface area (Å²) >= 11 is 6.36. The maximum absolute atomic E-state index is 12.9. The Morgan fingerprint density at radius 2 is 1.76 bits per heavy atom. The van der Waals surface area contributed by atoms with E-state index in [9.17, 15) is 4.79 Å². The number of carbonyl (C=O) groups excluding carboxylic acids is 1. The van der Waals surface area contributed by atoms with Gasteiger partial charge in [0, 0.05) is 19.7 Å². The van der Waals surface area contributed by atoms with Crippen LogP contribution < -0.4 is 10.6 Å². The van der Waals surface area contributed by atoms with Gasteiger partial charge in [0.05, 0.1) is 10.6 Å². The number of aliphatic hydroxyl groups is 1. The van der Waals surface area contributed by atoms with E-state index < -0.39 is 0 Å². The van der Waals surface area contributed by atoms with Crippen molar-refractivity contribution < 1.29 is 9.90 Å². The summed E-state index contributed by atoms with van der Waals surface area (Å²) in [6, 6.07) is 5.75. The van der Waals surface area contributed by atoms with Crippen LogP contribution in [0, 0.1) is 23.2 Å². The molecule has 1 amide bonds. The molecule has 0 radical (unpaired) electrons. The fraction of sp³-hybridized carbons (Fsp3) is 0.708. The predicted octanol–water partition coefficient (Wildman–Crippen LogP) is 4.54. The molecule has 0 heterocycles. The van der Waals surface area contributed by atoms with Crippen molar-refractivity contribution >= 4 is 17.5 Å². The van der Waals surface area contributed by atoms with Gasteiger partial charge in [0.2, 0.25) is 0 Å². The van der Waals surface area contributed by atoms with Gasteiger partial charge in [-0.05, 0) is 105 Å². The Morgan fingerprint density at radius 3 is 2.41 bits per heavy atom. The second-order valence-electron chi connectivity index (χ2n) is 9.88. The van der Waals surface area contributed by atoms with Gasteiger partial charge in [-0.25, -0.2) is 0 Å². The first-order chi connectivity index (χ1) is 14.1. The highest BCUT2D eigenvalue weighted by molar-refractivity contribution is 6.33. The van der Waals surface area contributed by atoms with E-state index in [1.165, 1.54) is 38.5 Å². The van der Waals surface area contributed by atoms with E-state index in [0.29, 0.717) is 16.0 Å². The van der Waals surface area contributed by atoms with Crippen LogP contribution in [0.15, 0.2) is 18.2 Å². The van der Waals surface area contributed by atoms with Crippen LogP contribution in [0.2, 0.25) is 5.02 Å². The largest absolute Gasteiger partial charge is 0.396 e. The fourth-order valence-corrected chi connectivity index (χ4v) is 6.70. The zero-order valence-electron chi connectivity index (χ0n) is 17.4. The molecule has 160 valence electrons. The summed E-state index contributed by atoms with van der Waals surface area (Å²) in [5.41, 5.74) is 2.01. The fourth-order valence-electron chi connectivity index (χ4n) is 6.50. The lowest BCUT2D eigenvalue weighted by atomic mass is 9.49. The topological polar surface area (TPSA) is 61.4 Å². The number of benzene rings is 1. The van der Waals surface area contributed by atoms with E-state index >= 15 is 0 Å². The Bertz CT molecular complexity index is 686. The lowest BCUT2D eigenvalue weighted by Crippen LogP contribution is -2.51. The summed E-state index contributed by atoms with van der Waals surface area (Å²) < 4.78 is 0. The van der Waals surface area contributed by atoms with Gasteiger partial charge in [0.15, 0.2) is 0 Å². The molecule has 0 spiro atoms. The van der Waals surface area contributed by atoms with E-state index in [1.54, 1.807) is 0 Å². The van der Waals surface area contributed by atoms with Crippen molar-refractivity contribution in [3.63, 3.8) is 0 Å². The van der Waals surface area contributed by atoms with Crippen LogP contribution in [-0.2, 0) is 6.54 Å². The Hall–Kier alpha value is -1.10. The predicted molar refractivity (Wildman–Crippen MR) is 117 cm³/mol. The molecule has 4 bridgehead atoms. The molecule has 5 heteroatoms. The average Bonchev–Trinajstić information content (AvgIpc) is 2.69. The normalized spacial score (nSPS) is 29.9. The molecule has 1 aromatic carbocycles. The Kier molecular flexibility index (Phi) is 6.83. The molecule has 0 atom stereocenters. The Morgan fingerprint density at radius 1 is 1.07 bits per heavy atom. The van der Waals surface area contributed by atoms with Gasteiger partial charge in [0.25, 0.3) is 5.91 Å². The monoisotopic (exact) mass is 418 g/mol. The van der Waals surface area contributed by atoms with E-state index in [2.05, 4.69) is 10.6 Å². The number of halogens is 1. The van der Waals surface area contributed by atoms with Crippen LogP contribution in [0.4, 0.5) is 0 Å². The second-order valence-corrected chi connectivity index (χ2v) is 10.3. The molecule has 4 fully saturated rings. The molecule has 29 heavy (non-hydrogen) atoms. The van der Waals surface area contributed by atoms with Gasteiger partial charge in [-0.1, -0.05) is 17.7 Å². The summed E-state index contributed by atoms with van der Waals surface area (Å²) in [5.74, 6) is 2.66. The highest BCUT2D eigenvalue weighted by Crippen LogP contribution is 2.59. The molecule has 4 aliphatic carbocycles. The molecular formula is C24H35ClN2O2. The molecule has 0 saturated heterocycles. The van der Waals surface area contributed by atoms with Gasteiger partial charge in [-0.3, -0.25) is 4.79 Å². The molecule has 0 aliphatic heterocycles. The Balaban J connectivity index is 1.30. The van der Waals surface area contributed by atoms with Crippen molar-refractivity contribution in [2.45, 2.75) is 64.3 Å². The minimum absolute atomic E-state index is 0.0319. The molecule has 0 aromatic heterocycles. The van der Waals surface area contributed by atoms with E-state index in [4.69, 9.17) is 16.7 Å². The van der Waals surface area contributed by atoms with E-state index in [-0.39, 0.29) is 12.5 Å². The molecule has 1 aromatic rings. The summed E-state index contributed by atoms with van der Waals surface area (Å²) in [6.45, 7) is 2.71. The third kappa shape index (κ3) is 5.15. The van der Waals surface area contributed by atoms with Crippen LogP contribution in [0.5, 0.6) is 0 Å². The smallest absolute Gasteiger partial charge is 0.252 e. The van der Waals surface area contributed by atoms with Crippen LogP contribution in [-0.4, -0.2) is 30.7 Å².